The van der Waals surface area contributed by atoms with Crippen LogP contribution in [0.2, 0.25) is 0 Å². The smallest absolute Gasteiger partial charge is 0.294 e. The maximum absolute atomic E-state index is 13.2. The molecule has 3 N–H and O–H groups in total. The Labute approximate surface area is 182 Å². The molecule has 0 aromatic heterocycles. The molecular formula is C19H14O10S3. The molecule has 0 bridgehead atoms. The van der Waals surface area contributed by atoms with Gasteiger partial charge >= 0.3 is 0 Å². The van der Waals surface area contributed by atoms with Gasteiger partial charge in [-0.25, -0.2) is 8.42 Å². The molecule has 32 heavy (non-hydrogen) atoms. The van der Waals surface area contributed by atoms with Gasteiger partial charge in [-0.1, -0.05) is 18.7 Å². The minimum Gasteiger partial charge on any atom is -0.507 e. The quantitative estimate of drug-likeness (QED) is 0.337. The van der Waals surface area contributed by atoms with Crippen LogP contribution in [-0.2, 0) is 30.1 Å². The van der Waals surface area contributed by atoms with E-state index in [1.807, 2.05) is 0 Å². The van der Waals surface area contributed by atoms with Crippen LogP contribution in [0.5, 0.6) is 5.75 Å². The van der Waals surface area contributed by atoms with E-state index in [9.17, 15) is 44.3 Å². The van der Waals surface area contributed by atoms with Gasteiger partial charge in [0, 0.05) is 28.0 Å². The van der Waals surface area contributed by atoms with Gasteiger partial charge in [0.25, 0.3) is 20.2 Å². The van der Waals surface area contributed by atoms with Crippen molar-refractivity contribution in [3.05, 3.63) is 71.6 Å². The molecule has 0 saturated carbocycles. The van der Waals surface area contributed by atoms with Gasteiger partial charge in [-0.15, -0.1) is 0 Å². The highest BCUT2D eigenvalue weighted by atomic mass is 32.2. The zero-order valence-electron chi connectivity index (χ0n) is 15.8. The zero-order chi connectivity index (χ0) is 24.1. The van der Waals surface area contributed by atoms with Crippen molar-refractivity contribution in [2.45, 2.75) is 14.7 Å². The van der Waals surface area contributed by atoms with E-state index in [4.69, 9.17) is 0 Å². The van der Waals surface area contributed by atoms with Gasteiger partial charge in [-0.2, -0.15) is 16.8 Å². The molecule has 3 aromatic rings. The van der Waals surface area contributed by atoms with E-state index in [-0.39, 0.29) is 21.2 Å². The molecule has 13 heteroatoms. The summed E-state index contributed by atoms with van der Waals surface area (Å²) in [4.78, 5) is 11.3. The van der Waals surface area contributed by atoms with Gasteiger partial charge in [0.05, 0.1) is 14.7 Å². The normalized spacial score (nSPS) is 12.6. The van der Waals surface area contributed by atoms with Crippen LogP contribution in [0.3, 0.4) is 0 Å². The highest BCUT2D eigenvalue weighted by Crippen LogP contribution is 2.35. The number of benzene rings is 3. The van der Waals surface area contributed by atoms with Gasteiger partial charge in [-0.05, 0) is 35.7 Å². The number of hydrogen-bond donors (Lipinski definition) is 3. The Bertz CT molecular complexity index is 1610. The molecule has 10 nitrogen and oxygen atoms in total. The predicted molar refractivity (Wildman–Crippen MR) is 112 cm³/mol. The summed E-state index contributed by atoms with van der Waals surface area (Å²) < 4.78 is 89.1. The van der Waals surface area contributed by atoms with Crippen molar-refractivity contribution < 1.29 is 44.3 Å². The number of fused-ring (bicyclic) bond motifs is 1. The molecule has 0 amide bonds. The lowest BCUT2D eigenvalue weighted by Crippen LogP contribution is -2.08. The van der Waals surface area contributed by atoms with Crippen LogP contribution in [0.1, 0.15) is 15.9 Å². The average Bonchev–Trinajstić information content (AvgIpc) is 2.71. The summed E-state index contributed by atoms with van der Waals surface area (Å²) >= 11 is 0. The van der Waals surface area contributed by atoms with Crippen LogP contribution in [0.15, 0.2) is 75.2 Å². The summed E-state index contributed by atoms with van der Waals surface area (Å²) in [7, 11) is -13.6. The fourth-order valence-corrected chi connectivity index (χ4v) is 4.81. The lowest BCUT2D eigenvalue weighted by atomic mass is 9.96. The van der Waals surface area contributed by atoms with Crippen LogP contribution in [0.4, 0.5) is 0 Å². The van der Waals surface area contributed by atoms with Crippen molar-refractivity contribution in [1.82, 2.24) is 0 Å². The minimum atomic E-state index is -4.88. The third-order valence-electron chi connectivity index (χ3n) is 4.46. The Hall–Kier alpha value is -3.10. The second kappa shape index (κ2) is 7.79. The van der Waals surface area contributed by atoms with E-state index in [0.29, 0.717) is 11.5 Å². The van der Waals surface area contributed by atoms with Crippen LogP contribution in [0, 0.1) is 0 Å². The van der Waals surface area contributed by atoms with Gasteiger partial charge < -0.3 is 5.11 Å². The first-order valence-corrected chi connectivity index (χ1v) is 12.9. The van der Waals surface area contributed by atoms with Crippen molar-refractivity contribution in [2.75, 3.05) is 0 Å². The molecule has 0 radical (unpaired) electrons. The summed E-state index contributed by atoms with van der Waals surface area (Å²) in [5, 5.41) is 10.4. The standard InChI is InChI=1S/C19H14O10S3/c1-2-30(22,23)13-5-3-4-11(6-13)19(21)16-9-14(31(24,25)26)7-12-8-15(32(27,28)29)10-17(20)18(12)16/h2-10,20H,1H2,(H,24,25,26)(H,27,28,29). The first-order chi connectivity index (χ1) is 14.6. The van der Waals surface area contributed by atoms with Gasteiger partial charge in [-0.3, -0.25) is 13.9 Å². The number of sulfone groups is 1. The lowest BCUT2D eigenvalue weighted by molar-refractivity contribution is 0.103. The molecular weight excluding hydrogens is 484 g/mol. The van der Waals surface area contributed by atoms with Crippen molar-refractivity contribution in [3.8, 4) is 5.75 Å². The van der Waals surface area contributed by atoms with Crippen molar-refractivity contribution >= 4 is 46.6 Å². The molecule has 3 rings (SSSR count). The third kappa shape index (κ3) is 4.42. The zero-order valence-corrected chi connectivity index (χ0v) is 18.3. The van der Waals surface area contributed by atoms with Gasteiger partial charge in [0.2, 0.25) is 0 Å². The molecule has 168 valence electrons. The molecule has 0 heterocycles. The molecule has 0 unspecified atom stereocenters. The molecule has 0 aliphatic heterocycles. The van der Waals surface area contributed by atoms with E-state index in [1.54, 1.807) is 0 Å². The molecule has 0 saturated heterocycles. The summed E-state index contributed by atoms with van der Waals surface area (Å²) in [5.41, 5.74) is -0.678. The monoisotopic (exact) mass is 498 g/mol. The van der Waals surface area contributed by atoms with E-state index < -0.39 is 57.0 Å². The van der Waals surface area contributed by atoms with Crippen LogP contribution < -0.4 is 0 Å². The lowest BCUT2D eigenvalue weighted by Gasteiger charge is -2.12. The molecule has 0 aliphatic carbocycles. The van der Waals surface area contributed by atoms with Gasteiger partial charge in [0.1, 0.15) is 5.75 Å². The topological polar surface area (TPSA) is 180 Å². The number of rotatable bonds is 6. The SMILES string of the molecule is C=CS(=O)(=O)c1cccc(C(=O)c2cc(S(=O)(=O)O)cc3cc(S(=O)(=O)O)cc(O)c23)c1. The first kappa shape index (κ1) is 23.6. The molecule has 0 spiro atoms. The Morgan fingerprint density at radius 1 is 0.812 bits per heavy atom. The molecule has 0 fully saturated rings. The number of hydrogen-bond acceptors (Lipinski definition) is 8. The van der Waals surface area contributed by atoms with Crippen molar-refractivity contribution in [1.29, 1.82) is 0 Å². The van der Waals surface area contributed by atoms with E-state index in [1.165, 1.54) is 18.2 Å². The number of carbonyl (C=O) groups is 1. The Kier molecular flexibility index (Phi) is 5.74. The summed E-state index contributed by atoms with van der Waals surface area (Å²) in [6, 6.07) is 7.71. The molecule has 0 atom stereocenters. The van der Waals surface area contributed by atoms with Gasteiger partial charge in [0.15, 0.2) is 15.6 Å². The second-order valence-corrected chi connectivity index (χ2v) is 11.3. The number of phenolic OH excluding ortho intramolecular Hbond substituents is 1. The van der Waals surface area contributed by atoms with Crippen LogP contribution in [0.25, 0.3) is 10.8 Å². The van der Waals surface area contributed by atoms with E-state index in [0.717, 1.165) is 24.3 Å². The molecule has 3 aromatic carbocycles. The maximum atomic E-state index is 13.2. The van der Waals surface area contributed by atoms with Crippen molar-refractivity contribution in [3.63, 3.8) is 0 Å². The minimum absolute atomic E-state index is 0.208. The fraction of sp³-hybridized carbons (Fsp3) is 0. The number of phenols is 1. The number of ketones is 1. The van der Waals surface area contributed by atoms with Crippen molar-refractivity contribution in [2.24, 2.45) is 0 Å². The summed E-state index contributed by atoms with van der Waals surface area (Å²) in [6.07, 6.45) is 0. The van der Waals surface area contributed by atoms with E-state index in [2.05, 4.69) is 6.58 Å². The largest absolute Gasteiger partial charge is 0.507 e. The fourth-order valence-electron chi connectivity index (χ4n) is 2.98. The van der Waals surface area contributed by atoms with E-state index >= 15 is 0 Å². The molecule has 0 aliphatic rings. The predicted octanol–water partition coefficient (Wildman–Crippen LogP) is 2.19. The Balaban J connectivity index is 2.38. The highest BCUT2D eigenvalue weighted by molar-refractivity contribution is 7.94. The van der Waals surface area contributed by atoms with Crippen LogP contribution in [-0.4, -0.2) is 45.2 Å². The number of carbonyl (C=O) groups excluding carboxylic acids is 1. The average molecular weight is 499 g/mol. The highest BCUT2D eigenvalue weighted by Gasteiger charge is 2.24. The Morgan fingerprint density at radius 3 is 1.91 bits per heavy atom. The number of aromatic hydroxyl groups is 1. The maximum Gasteiger partial charge on any atom is 0.294 e. The summed E-state index contributed by atoms with van der Waals surface area (Å²) in [5.74, 6) is -1.72. The summed E-state index contributed by atoms with van der Waals surface area (Å²) in [6.45, 7) is 3.19. The Morgan fingerprint density at radius 2 is 1.38 bits per heavy atom. The third-order valence-corrected chi connectivity index (χ3v) is 7.47. The van der Waals surface area contributed by atoms with Crippen LogP contribution >= 0.6 is 0 Å². The first-order valence-electron chi connectivity index (χ1n) is 8.43. The second-order valence-electron chi connectivity index (χ2n) is 6.53.